The molecule has 6 heteroatoms. The van der Waals surface area contributed by atoms with Crippen LogP contribution in [0.5, 0.6) is 0 Å². The van der Waals surface area contributed by atoms with Crippen molar-refractivity contribution < 1.29 is 9.53 Å². The van der Waals surface area contributed by atoms with E-state index in [1.165, 1.54) is 0 Å². The van der Waals surface area contributed by atoms with E-state index in [0.29, 0.717) is 36.4 Å². The van der Waals surface area contributed by atoms with Crippen LogP contribution in [0, 0.1) is 5.92 Å². The van der Waals surface area contributed by atoms with E-state index in [1.807, 2.05) is 24.3 Å². The largest absolute Gasteiger partial charge is 0.381 e. The Balaban J connectivity index is 1.72. The zero-order valence-electron chi connectivity index (χ0n) is 15.3. The van der Waals surface area contributed by atoms with E-state index in [4.69, 9.17) is 16.3 Å². The Labute approximate surface area is 159 Å². The normalized spacial score (nSPS) is 16.6. The minimum atomic E-state index is -0.157. The van der Waals surface area contributed by atoms with Crippen molar-refractivity contribution in [3.63, 3.8) is 0 Å². The van der Waals surface area contributed by atoms with E-state index in [1.54, 1.807) is 0 Å². The Hall–Kier alpha value is -1.85. The summed E-state index contributed by atoms with van der Waals surface area (Å²) in [4.78, 5) is 12.6. The van der Waals surface area contributed by atoms with Crippen LogP contribution in [-0.4, -0.2) is 35.9 Å². The van der Waals surface area contributed by atoms with Crippen molar-refractivity contribution in [1.82, 2.24) is 15.5 Å². The molecule has 26 heavy (non-hydrogen) atoms. The maximum Gasteiger partial charge on any atom is 0.271 e. The number of benzene rings is 1. The molecule has 0 bridgehead atoms. The summed E-state index contributed by atoms with van der Waals surface area (Å²) in [6.45, 7) is 6.19. The summed E-state index contributed by atoms with van der Waals surface area (Å²) < 4.78 is 5.55. The summed E-state index contributed by atoms with van der Waals surface area (Å²) >= 11 is 6.20. The molecular formula is C20H26ClN3O2. The third kappa shape index (κ3) is 4.46. The quantitative estimate of drug-likeness (QED) is 0.808. The van der Waals surface area contributed by atoms with Crippen LogP contribution in [0.3, 0.4) is 0 Å². The van der Waals surface area contributed by atoms with Gasteiger partial charge in [0.2, 0.25) is 0 Å². The van der Waals surface area contributed by atoms with Gasteiger partial charge in [-0.05, 0) is 48.9 Å². The molecule has 1 aromatic carbocycles. The van der Waals surface area contributed by atoms with Crippen LogP contribution in [0.1, 0.15) is 48.4 Å². The molecule has 0 saturated carbocycles. The molecule has 140 valence electrons. The summed E-state index contributed by atoms with van der Waals surface area (Å²) in [5.41, 5.74) is 2.42. The topological polar surface area (TPSA) is 67.0 Å². The van der Waals surface area contributed by atoms with Crippen molar-refractivity contribution in [2.75, 3.05) is 19.8 Å². The summed E-state index contributed by atoms with van der Waals surface area (Å²) in [6.07, 6.45) is 2.59. The Morgan fingerprint density at radius 1 is 1.35 bits per heavy atom. The summed E-state index contributed by atoms with van der Waals surface area (Å²) in [7, 11) is 0. The lowest BCUT2D eigenvalue weighted by Gasteiger charge is -2.38. The maximum atomic E-state index is 12.6. The number of hydrogen-bond acceptors (Lipinski definition) is 3. The van der Waals surface area contributed by atoms with E-state index in [9.17, 15) is 4.79 Å². The highest BCUT2D eigenvalue weighted by Gasteiger charge is 2.35. The summed E-state index contributed by atoms with van der Waals surface area (Å²) in [6, 6.07) is 9.75. The molecule has 3 rings (SSSR count). The monoisotopic (exact) mass is 375 g/mol. The molecule has 0 aliphatic carbocycles. The third-order valence-electron chi connectivity index (χ3n) is 4.97. The third-order valence-corrected chi connectivity index (χ3v) is 5.20. The average molecular weight is 376 g/mol. The van der Waals surface area contributed by atoms with Gasteiger partial charge in [-0.3, -0.25) is 9.89 Å². The molecule has 1 amide bonds. The Kier molecular flexibility index (Phi) is 5.99. The molecule has 1 aromatic heterocycles. The van der Waals surface area contributed by atoms with Crippen molar-refractivity contribution >= 4 is 17.5 Å². The second-order valence-corrected chi connectivity index (χ2v) is 7.90. The first-order valence-electron chi connectivity index (χ1n) is 9.15. The molecule has 1 fully saturated rings. The second-order valence-electron chi connectivity index (χ2n) is 7.46. The number of amides is 1. The lowest BCUT2D eigenvalue weighted by atomic mass is 9.74. The number of nitrogens with zero attached hydrogens (tertiary/aromatic N) is 1. The molecule has 2 N–H and O–H groups in total. The molecule has 0 spiro atoms. The van der Waals surface area contributed by atoms with E-state index in [2.05, 4.69) is 35.4 Å². The Bertz CT molecular complexity index is 751. The van der Waals surface area contributed by atoms with Crippen molar-refractivity contribution in [2.24, 2.45) is 5.92 Å². The SMILES string of the molecule is CC(C)Cc1cc(C(=O)NCC2(c3cccc(Cl)c3)CCOCC2)n[nH]1. The Morgan fingerprint density at radius 3 is 2.81 bits per heavy atom. The highest BCUT2D eigenvalue weighted by molar-refractivity contribution is 6.30. The first-order valence-corrected chi connectivity index (χ1v) is 9.53. The lowest BCUT2D eigenvalue weighted by molar-refractivity contribution is 0.0486. The van der Waals surface area contributed by atoms with Gasteiger partial charge in [-0.25, -0.2) is 0 Å². The van der Waals surface area contributed by atoms with Gasteiger partial charge in [-0.15, -0.1) is 0 Å². The van der Waals surface area contributed by atoms with E-state index in [0.717, 1.165) is 30.5 Å². The zero-order valence-corrected chi connectivity index (χ0v) is 16.1. The summed E-state index contributed by atoms with van der Waals surface area (Å²) in [5, 5.41) is 10.9. The maximum absolute atomic E-state index is 12.6. The first-order chi connectivity index (χ1) is 12.5. The highest BCUT2D eigenvalue weighted by atomic mass is 35.5. The van der Waals surface area contributed by atoms with Crippen LogP contribution >= 0.6 is 11.6 Å². The standard InChI is InChI=1S/C20H26ClN3O2/c1-14(2)10-17-12-18(24-23-17)19(25)22-13-20(6-8-26-9-7-20)15-4-3-5-16(21)11-15/h3-5,11-12,14H,6-10,13H2,1-2H3,(H,22,25)(H,23,24). The van der Waals surface area contributed by atoms with Crippen molar-refractivity contribution in [2.45, 2.75) is 38.5 Å². The van der Waals surface area contributed by atoms with E-state index < -0.39 is 0 Å². The first kappa shape index (κ1) is 18.9. The fourth-order valence-electron chi connectivity index (χ4n) is 3.51. The number of hydrogen-bond donors (Lipinski definition) is 2. The number of carbonyl (C=O) groups excluding carboxylic acids is 1. The molecular weight excluding hydrogens is 350 g/mol. The van der Waals surface area contributed by atoms with Gasteiger partial charge in [0.1, 0.15) is 5.69 Å². The number of nitrogens with one attached hydrogen (secondary N) is 2. The molecule has 1 saturated heterocycles. The predicted octanol–water partition coefficient (Wildman–Crippen LogP) is 3.74. The molecule has 1 aliphatic heterocycles. The van der Waals surface area contributed by atoms with Crippen LogP contribution in [0.25, 0.3) is 0 Å². The van der Waals surface area contributed by atoms with E-state index in [-0.39, 0.29) is 11.3 Å². The molecule has 5 nitrogen and oxygen atoms in total. The molecule has 2 heterocycles. The number of aromatic amines is 1. The number of H-pyrrole nitrogens is 1. The van der Waals surface area contributed by atoms with Gasteiger partial charge in [-0.2, -0.15) is 5.10 Å². The minimum absolute atomic E-state index is 0.149. The average Bonchev–Trinajstić information content (AvgIpc) is 3.08. The van der Waals surface area contributed by atoms with Gasteiger partial charge in [0.25, 0.3) is 5.91 Å². The number of ether oxygens (including phenoxy) is 1. The van der Waals surface area contributed by atoms with Gasteiger partial charge >= 0.3 is 0 Å². The van der Waals surface area contributed by atoms with Crippen LogP contribution in [0.15, 0.2) is 30.3 Å². The van der Waals surface area contributed by atoms with Gasteiger partial charge in [-0.1, -0.05) is 37.6 Å². The van der Waals surface area contributed by atoms with Crippen LogP contribution in [0.2, 0.25) is 5.02 Å². The smallest absolute Gasteiger partial charge is 0.271 e. The highest BCUT2D eigenvalue weighted by Crippen LogP contribution is 2.35. The predicted molar refractivity (Wildman–Crippen MR) is 103 cm³/mol. The van der Waals surface area contributed by atoms with E-state index >= 15 is 0 Å². The number of carbonyl (C=O) groups is 1. The van der Waals surface area contributed by atoms with Gasteiger partial charge in [0.15, 0.2) is 0 Å². The van der Waals surface area contributed by atoms with Gasteiger partial charge in [0, 0.05) is 35.9 Å². The Morgan fingerprint density at radius 2 is 2.12 bits per heavy atom. The van der Waals surface area contributed by atoms with Crippen LogP contribution < -0.4 is 5.32 Å². The minimum Gasteiger partial charge on any atom is -0.381 e. The number of halogens is 1. The number of rotatable bonds is 6. The van der Waals surface area contributed by atoms with Gasteiger partial charge in [0.05, 0.1) is 0 Å². The molecule has 0 unspecified atom stereocenters. The lowest BCUT2D eigenvalue weighted by Crippen LogP contribution is -2.44. The molecule has 0 radical (unpaired) electrons. The number of aromatic nitrogens is 2. The van der Waals surface area contributed by atoms with Crippen LogP contribution in [-0.2, 0) is 16.6 Å². The van der Waals surface area contributed by atoms with Crippen molar-refractivity contribution in [1.29, 1.82) is 0 Å². The van der Waals surface area contributed by atoms with Crippen molar-refractivity contribution in [3.05, 3.63) is 52.3 Å². The fraction of sp³-hybridized carbons (Fsp3) is 0.500. The van der Waals surface area contributed by atoms with Gasteiger partial charge < -0.3 is 10.1 Å². The molecule has 0 atom stereocenters. The molecule has 2 aromatic rings. The summed E-state index contributed by atoms with van der Waals surface area (Å²) in [5.74, 6) is 0.365. The fourth-order valence-corrected chi connectivity index (χ4v) is 3.70. The second kappa shape index (κ2) is 8.23. The van der Waals surface area contributed by atoms with Crippen LogP contribution in [0.4, 0.5) is 0 Å². The zero-order chi connectivity index (χ0) is 18.6. The molecule has 1 aliphatic rings. The van der Waals surface area contributed by atoms with Crippen molar-refractivity contribution in [3.8, 4) is 0 Å².